The van der Waals surface area contributed by atoms with Crippen molar-refractivity contribution in [3.63, 3.8) is 0 Å². The number of hydrogen-bond acceptors (Lipinski definition) is 5. The minimum Gasteiger partial charge on any atom is -0.502 e. The Morgan fingerprint density at radius 2 is 1.95 bits per heavy atom. The third kappa shape index (κ3) is 3.81. The minimum atomic E-state index is -1.42. The summed E-state index contributed by atoms with van der Waals surface area (Å²) in [5.41, 5.74) is 1.24. The Morgan fingerprint density at radius 1 is 1.20 bits per heavy atom. The zero-order chi connectivity index (χ0) is 14.4. The van der Waals surface area contributed by atoms with Gasteiger partial charge in [0.1, 0.15) is 12.9 Å². The molecule has 0 aliphatic rings. The van der Waals surface area contributed by atoms with Gasteiger partial charge in [0.05, 0.1) is 5.69 Å². The van der Waals surface area contributed by atoms with Crippen molar-refractivity contribution >= 4 is 12.0 Å². The molecule has 1 heterocycles. The molecule has 2 rings (SSSR count). The predicted molar refractivity (Wildman–Crippen MR) is 71.0 cm³/mol. The summed E-state index contributed by atoms with van der Waals surface area (Å²) in [5, 5.41) is 17.7. The molecule has 0 aliphatic carbocycles. The molecule has 0 unspecified atom stereocenters. The van der Waals surface area contributed by atoms with E-state index < -0.39 is 11.7 Å². The van der Waals surface area contributed by atoms with Crippen molar-refractivity contribution in [3.8, 4) is 5.88 Å². The maximum atomic E-state index is 10.5. The first-order chi connectivity index (χ1) is 9.65. The van der Waals surface area contributed by atoms with E-state index in [1.165, 1.54) is 12.4 Å². The molecule has 2 aromatic rings. The number of aromatic nitrogens is 2. The van der Waals surface area contributed by atoms with Crippen molar-refractivity contribution in [2.24, 2.45) is 0 Å². The molecular formula is C14H12N2O4. The van der Waals surface area contributed by atoms with Crippen LogP contribution in [0, 0.1) is 0 Å². The van der Waals surface area contributed by atoms with Gasteiger partial charge in [0.25, 0.3) is 0 Å². The molecule has 0 spiro atoms. The van der Waals surface area contributed by atoms with E-state index in [0.29, 0.717) is 12.5 Å². The molecule has 0 atom stereocenters. The van der Waals surface area contributed by atoms with Crippen molar-refractivity contribution in [2.45, 2.75) is 6.61 Å². The lowest BCUT2D eigenvalue weighted by molar-refractivity contribution is -0.135. The van der Waals surface area contributed by atoms with Gasteiger partial charge in [-0.05, 0) is 5.56 Å². The molecule has 2 N–H and O–H groups in total. The van der Waals surface area contributed by atoms with Crippen LogP contribution < -0.4 is 4.74 Å². The number of aliphatic hydroxyl groups is 1. The number of ether oxygens (including phenoxy) is 1. The molecule has 0 amide bonds. The molecule has 0 saturated heterocycles. The largest absolute Gasteiger partial charge is 0.502 e. The summed E-state index contributed by atoms with van der Waals surface area (Å²) < 4.78 is 5.47. The fourth-order valence-corrected chi connectivity index (χ4v) is 1.44. The summed E-state index contributed by atoms with van der Waals surface area (Å²) >= 11 is 0. The van der Waals surface area contributed by atoms with Gasteiger partial charge < -0.3 is 14.9 Å². The van der Waals surface area contributed by atoms with E-state index in [1.807, 2.05) is 30.3 Å². The summed E-state index contributed by atoms with van der Waals surface area (Å²) in [6.45, 7) is 0.339. The van der Waals surface area contributed by atoms with Crippen molar-refractivity contribution < 1.29 is 19.7 Å². The molecule has 6 heteroatoms. The molecule has 0 aliphatic heterocycles. The second kappa shape index (κ2) is 6.33. The number of benzene rings is 1. The Kier molecular flexibility index (Phi) is 4.28. The number of aliphatic hydroxyl groups excluding tert-OH is 1. The monoisotopic (exact) mass is 272 g/mol. The third-order valence-corrected chi connectivity index (χ3v) is 2.40. The first-order valence-electron chi connectivity index (χ1n) is 5.78. The van der Waals surface area contributed by atoms with Crippen LogP contribution in [-0.2, 0) is 11.4 Å². The lowest BCUT2D eigenvalue weighted by atomic mass is 10.2. The number of rotatable bonds is 5. The van der Waals surface area contributed by atoms with Crippen LogP contribution in [-0.4, -0.2) is 26.2 Å². The van der Waals surface area contributed by atoms with Gasteiger partial charge in [-0.3, -0.25) is 0 Å². The normalized spacial score (nSPS) is 11.1. The molecule has 1 aromatic heterocycles. The molecule has 20 heavy (non-hydrogen) atoms. The molecule has 0 saturated carbocycles. The van der Waals surface area contributed by atoms with Gasteiger partial charge in [-0.2, -0.15) is 0 Å². The Labute approximate surface area is 115 Å². The summed E-state index contributed by atoms with van der Waals surface area (Å²) in [6, 6.07) is 11.0. The van der Waals surface area contributed by atoms with Gasteiger partial charge in [0.2, 0.25) is 11.6 Å². The van der Waals surface area contributed by atoms with E-state index in [9.17, 15) is 4.79 Å². The van der Waals surface area contributed by atoms with Crippen molar-refractivity contribution in [2.75, 3.05) is 0 Å². The third-order valence-electron chi connectivity index (χ3n) is 2.40. The Balaban J connectivity index is 2.07. The van der Waals surface area contributed by atoms with Crippen molar-refractivity contribution in [3.05, 3.63) is 59.7 Å². The maximum Gasteiger partial charge on any atom is 0.371 e. The second-order valence-electron chi connectivity index (χ2n) is 3.89. The topological polar surface area (TPSA) is 92.5 Å². The lowest BCUT2D eigenvalue weighted by Gasteiger charge is -2.05. The van der Waals surface area contributed by atoms with E-state index in [1.54, 1.807) is 0 Å². The second-order valence-corrected chi connectivity index (χ2v) is 3.89. The molecule has 0 bridgehead atoms. The van der Waals surface area contributed by atoms with Crippen LogP contribution >= 0.6 is 0 Å². The maximum absolute atomic E-state index is 10.5. The molecular weight excluding hydrogens is 260 g/mol. The lowest BCUT2D eigenvalue weighted by Crippen LogP contribution is -2.00. The average Bonchev–Trinajstić information content (AvgIpc) is 2.46. The summed E-state index contributed by atoms with van der Waals surface area (Å²) in [6.07, 6.45) is 2.26. The van der Waals surface area contributed by atoms with E-state index in [-0.39, 0.29) is 5.69 Å². The SMILES string of the molecule is O=C(O)/C(O)=C/c1cc(OCc2ccccc2)ncn1. The fourth-order valence-electron chi connectivity index (χ4n) is 1.44. The van der Waals surface area contributed by atoms with E-state index in [0.717, 1.165) is 11.6 Å². The van der Waals surface area contributed by atoms with Crippen molar-refractivity contribution in [1.82, 2.24) is 9.97 Å². The molecule has 6 nitrogen and oxygen atoms in total. The van der Waals surface area contributed by atoms with Gasteiger partial charge in [-0.15, -0.1) is 0 Å². The highest BCUT2D eigenvalue weighted by Gasteiger charge is 2.05. The van der Waals surface area contributed by atoms with Gasteiger partial charge in [0, 0.05) is 12.1 Å². The van der Waals surface area contributed by atoms with Crippen LogP contribution in [0.2, 0.25) is 0 Å². The zero-order valence-electron chi connectivity index (χ0n) is 10.4. The smallest absolute Gasteiger partial charge is 0.371 e. The van der Waals surface area contributed by atoms with Crippen molar-refractivity contribution in [1.29, 1.82) is 0 Å². The molecule has 1 aromatic carbocycles. The number of carboxylic acids is 1. The summed E-state index contributed by atoms with van der Waals surface area (Å²) in [4.78, 5) is 18.2. The Bertz CT molecular complexity index is 626. The van der Waals surface area contributed by atoms with Gasteiger partial charge in [0.15, 0.2) is 0 Å². The highest BCUT2D eigenvalue weighted by molar-refractivity contribution is 5.88. The van der Waals surface area contributed by atoms with Gasteiger partial charge in [-0.25, -0.2) is 14.8 Å². The number of carboxylic acid groups (broad SMARTS) is 1. The molecule has 0 fully saturated rings. The fraction of sp³-hybridized carbons (Fsp3) is 0.0714. The number of nitrogens with zero attached hydrogens (tertiary/aromatic N) is 2. The van der Waals surface area contributed by atoms with E-state index in [4.69, 9.17) is 14.9 Å². The highest BCUT2D eigenvalue weighted by Crippen LogP contribution is 2.12. The summed E-state index contributed by atoms with van der Waals surface area (Å²) in [5.74, 6) is -1.92. The van der Waals surface area contributed by atoms with Crippen LogP contribution in [0.1, 0.15) is 11.3 Å². The number of aliphatic carboxylic acids is 1. The zero-order valence-corrected chi connectivity index (χ0v) is 10.4. The van der Waals surface area contributed by atoms with Crippen LogP contribution in [0.3, 0.4) is 0 Å². The minimum absolute atomic E-state index is 0.253. The number of hydrogen-bond donors (Lipinski definition) is 2. The first kappa shape index (κ1) is 13.5. The average molecular weight is 272 g/mol. The van der Waals surface area contributed by atoms with Crippen LogP contribution in [0.25, 0.3) is 6.08 Å². The first-order valence-corrected chi connectivity index (χ1v) is 5.78. The Hall–Kier alpha value is -2.89. The highest BCUT2D eigenvalue weighted by atomic mass is 16.5. The van der Waals surface area contributed by atoms with Crippen LogP contribution in [0.5, 0.6) is 5.88 Å². The Morgan fingerprint density at radius 3 is 2.65 bits per heavy atom. The van der Waals surface area contributed by atoms with Gasteiger partial charge in [-0.1, -0.05) is 30.3 Å². The predicted octanol–water partition coefficient (Wildman–Crippen LogP) is 2.04. The quantitative estimate of drug-likeness (QED) is 0.639. The van der Waals surface area contributed by atoms with E-state index >= 15 is 0 Å². The number of carbonyl (C=O) groups is 1. The summed E-state index contributed by atoms with van der Waals surface area (Å²) in [7, 11) is 0. The molecule has 102 valence electrons. The van der Waals surface area contributed by atoms with Crippen LogP contribution in [0.4, 0.5) is 0 Å². The van der Waals surface area contributed by atoms with Crippen LogP contribution in [0.15, 0.2) is 48.5 Å². The standard InChI is InChI=1S/C14H12N2O4/c17-12(14(18)19)6-11-7-13(16-9-15-11)20-8-10-4-2-1-3-5-10/h1-7,9,17H,8H2,(H,18,19)/b12-6-. The van der Waals surface area contributed by atoms with Gasteiger partial charge >= 0.3 is 5.97 Å². The molecule has 0 radical (unpaired) electrons. The van der Waals surface area contributed by atoms with E-state index in [2.05, 4.69) is 9.97 Å².